The van der Waals surface area contributed by atoms with Gasteiger partial charge in [0.15, 0.2) is 11.0 Å². The lowest BCUT2D eigenvalue weighted by Crippen LogP contribution is -2.03. The minimum atomic E-state index is 0.673. The highest BCUT2D eigenvalue weighted by atomic mass is 32.2. The number of aryl methyl sites for hydroxylation is 1. The van der Waals surface area contributed by atoms with E-state index < -0.39 is 0 Å². The average molecular weight is 403 g/mol. The number of para-hydroxylation sites is 2. The number of nitrogens with zero attached hydrogens (tertiary/aromatic N) is 4. The molecule has 0 spiro atoms. The van der Waals surface area contributed by atoms with Gasteiger partial charge in [0.25, 0.3) is 0 Å². The van der Waals surface area contributed by atoms with E-state index in [0.717, 1.165) is 40.2 Å². The van der Waals surface area contributed by atoms with Crippen LogP contribution >= 0.6 is 11.8 Å². The summed E-state index contributed by atoms with van der Waals surface area (Å²) in [6.07, 6.45) is 4.48. The van der Waals surface area contributed by atoms with Crippen LogP contribution in [0.15, 0.2) is 84.3 Å². The Bertz CT molecular complexity index is 1050. The minimum absolute atomic E-state index is 0.673. The molecule has 6 heteroatoms. The molecule has 5 nitrogen and oxygen atoms in total. The lowest BCUT2D eigenvalue weighted by molar-refractivity contribution is 0.318. The van der Waals surface area contributed by atoms with E-state index in [4.69, 9.17) is 4.74 Å². The van der Waals surface area contributed by atoms with Crippen LogP contribution in [0, 0.1) is 6.92 Å². The van der Waals surface area contributed by atoms with Crippen LogP contribution in [-0.4, -0.2) is 32.1 Å². The molecule has 146 valence electrons. The van der Waals surface area contributed by atoms with Gasteiger partial charge in [-0.3, -0.25) is 9.55 Å². The van der Waals surface area contributed by atoms with Gasteiger partial charge in [-0.15, -0.1) is 10.2 Å². The summed E-state index contributed by atoms with van der Waals surface area (Å²) in [4.78, 5) is 4.12. The lowest BCUT2D eigenvalue weighted by Gasteiger charge is -2.13. The molecule has 0 fully saturated rings. The standard InChI is InChI=1S/C23H22N4OS/c1-18-8-5-6-11-21(18)27-22(19-12-14-24-15-13-19)25-26-23(27)29-17-7-16-28-20-9-3-2-4-10-20/h2-6,8-15H,7,16-17H2,1H3. The number of pyridine rings is 1. The van der Waals surface area contributed by atoms with E-state index in [1.54, 1.807) is 24.2 Å². The fourth-order valence-electron chi connectivity index (χ4n) is 3.01. The number of hydrogen-bond donors (Lipinski definition) is 0. The fourth-order valence-corrected chi connectivity index (χ4v) is 3.87. The summed E-state index contributed by atoms with van der Waals surface area (Å²) in [6.45, 7) is 2.78. The highest BCUT2D eigenvalue weighted by molar-refractivity contribution is 7.99. The first-order valence-electron chi connectivity index (χ1n) is 9.55. The highest BCUT2D eigenvalue weighted by Crippen LogP contribution is 2.29. The maximum Gasteiger partial charge on any atom is 0.196 e. The summed E-state index contributed by atoms with van der Waals surface area (Å²) in [6, 6.07) is 22.1. The maximum absolute atomic E-state index is 5.79. The van der Waals surface area contributed by atoms with E-state index in [1.807, 2.05) is 54.6 Å². The Morgan fingerprint density at radius 2 is 1.66 bits per heavy atom. The Morgan fingerprint density at radius 1 is 0.897 bits per heavy atom. The van der Waals surface area contributed by atoms with Crippen molar-refractivity contribution in [1.29, 1.82) is 0 Å². The Hall–Kier alpha value is -3.12. The fraction of sp³-hybridized carbons (Fsp3) is 0.174. The monoisotopic (exact) mass is 402 g/mol. The number of rotatable bonds is 8. The van der Waals surface area contributed by atoms with Crippen molar-refractivity contribution in [2.45, 2.75) is 18.5 Å². The van der Waals surface area contributed by atoms with Crippen LogP contribution in [-0.2, 0) is 0 Å². The number of thioether (sulfide) groups is 1. The number of ether oxygens (including phenoxy) is 1. The second-order valence-corrected chi connectivity index (χ2v) is 7.59. The van der Waals surface area contributed by atoms with Gasteiger partial charge in [-0.2, -0.15) is 0 Å². The van der Waals surface area contributed by atoms with Crippen molar-refractivity contribution in [3.05, 3.63) is 84.7 Å². The summed E-state index contributed by atoms with van der Waals surface area (Å²) in [5.74, 6) is 2.62. The zero-order chi connectivity index (χ0) is 19.9. The van der Waals surface area contributed by atoms with E-state index in [9.17, 15) is 0 Å². The molecule has 4 rings (SSSR count). The summed E-state index contributed by atoms with van der Waals surface area (Å²) < 4.78 is 7.92. The summed E-state index contributed by atoms with van der Waals surface area (Å²) >= 11 is 1.69. The van der Waals surface area contributed by atoms with Crippen molar-refractivity contribution in [2.75, 3.05) is 12.4 Å². The Kier molecular flexibility index (Phi) is 6.22. The summed E-state index contributed by atoms with van der Waals surface area (Å²) in [5, 5.41) is 9.84. The first kappa shape index (κ1) is 19.2. The molecule has 0 N–H and O–H groups in total. The molecule has 2 aromatic carbocycles. The van der Waals surface area contributed by atoms with Crippen molar-refractivity contribution in [2.24, 2.45) is 0 Å². The van der Waals surface area contributed by atoms with Crippen LogP contribution < -0.4 is 4.74 Å². The molecule has 2 heterocycles. The van der Waals surface area contributed by atoms with Gasteiger partial charge in [-0.25, -0.2) is 0 Å². The molecule has 0 saturated heterocycles. The SMILES string of the molecule is Cc1ccccc1-n1c(SCCCOc2ccccc2)nnc1-c1ccncc1. The molecule has 4 aromatic rings. The van der Waals surface area contributed by atoms with Crippen molar-refractivity contribution in [3.8, 4) is 22.8 Å². The van der Waals surface area contributed by atoms with Gasteiger partial charge in [0.2, 0.25) is 0 Å². The number of aromatic nitrogens is 4. The number of hydrogen-bond acceptors (Lipinski definition) is 5. The third-order valence-corrected chi connectivity index (χ3v) is 5.48. The highest BCUT2D eigenvalue weighted by Gasteiger charge is 2.17. The Balaban J connectivity index is 1.51. The predicted octanol–water partition coefficient (Wildman–Crippen LogP) is 5.20. The van der Waals surface area contributed by atoms with Crippen molar-refractivity contribution >= 4 is 11.8 Å². The quantitative estimate of drug-likeness (QED) is 0.299. The summed E-state index contributed by atoms with van der Waals surface area (Å²) in [5.41, 5.74) is 3.26. The van der Waals surface area contributed by atoms with Crippen molar-refractivity contribution in [3.63, 3.8) is 0 Å². The average Bonchev–Trinajstić information content (AvgIpc) is 3.19. The third-order valence-electron chi connectivity index (χ3n) is 4.46. The van der Waals surface area contributed by atoms with Crippen LogP contribution in [0.2, 0.25) is 0 Å². The van der Waals surface area contributed by atoms with Gasteiger partial charge < -0.3 is 4.74 Å². The molecule has 2 aromatic heterocycles. The van der Waals surface area contributed by atoms with E-state index >= 15 is 0 Å². The van der Waals surface area contributed by atoms with E-state index in [-0.39, 0.29) is 0 Å². The molecule has 0 amide bonds. The lowest BCUT2D eigenvalue weighted by atomic mass is 10.2. The Labute approximate surface area is 174 Å². The molecule has 0 radical (unpaired) electrons. The van der Waals surface area contributed by atoms with E-state index in [1.165, 1.54) is 5.56 Å². The Morgan fingerprint density at radius 3 is 2.45 bits per heavy atom. The molecule has 0 bridgehead atoms. The molecule has 0 saturated carbocycles. The van der Waals surface area contributed by atoms with Gasteiger partial charge in [-0.1, -0.05) is 48.2 Å². The molecule has 0 unspecified atom stereocenters. The van der Waals surface area contributed by atoms with Gasteiger partial charge in [0.05, 0.1) is 12.3 Å². The zero-order valence-electron chi connectivity index (χ0n) is 16.2. The molecule has 0 aliphatic rings. The smallest absolute Gasteiger partial charge is 0.196 e. The van der Waals surface area contributed by atoms with Crippen LogP contribution in [0.1, 0.15) is 12.0 Å². The summed E-state index contributed by atoms with van der Waals surface area (Å²) in [7, 11) is 0. The first-order valence-corrected chi connectivity index (χ1v) is 10.5. The molecule has 0 atom stereocenters. The molecule has 0 aliphatic heterocycles. The maximum atomic E-state index is 5.79. The zero-order valence-corrected chi connectivity index (χ0v) is 17.0. The molecular weight excluding hydrogens is 380 g/mol. The number of benzene rings is 2. The second kappa shape index (κ2) is 9.39. The van der Waals surface area contributed by atoms with Crippen LogP contribution in [0.3, 0.4) is 0 Å². The van der Waals surface area contributed by atoms with Crippen molar-refractivity contribution < 1.29 is 4.74 Å². The van der Waals surface area contributed by atoms with Crippen molar-refractivity contribution in [1.82, 2.24) is 19.7 Å². The van der Waals surface area contributed by atoms with Gasteiger partial charge in [0, 0.05) is 23.7 Å². The largest absolute Gasteiger partial charge is 0.494 e. The second-order valence-electron chi connectivity index (χ2n) is 6.53. The van der Waals surface area contributed by atoms with Crippen LogP contribution in [0.25, 0.3) is 17.1 Å². The predicted molar refractivity (Wildman–Crippen MR) is 117 cm³/mol. The van der Waals surface area contributed by atoms with Crippen LogP contribution in [0.4, 0.5) is 0 Å². The van der Waals surface area contributed by atoms with Crippen LogP contribution in [0.5, 0.6) is 5.75 Å². The molecular formula is C23H22N4OS. The molecule has 29 heavy (non-hydrogen) atoms. The first-order chi connectivity index (χ1) is 14.3. The third kappa shape index (κ3) is 4.66. The normalized spacial score (nSPS) is 10.8. The topological polar surface area (TPSA) is 52.8 Å². The van der Waals surface area contributed by atoms with E-state index in [0.29, 0.717) is 6.61 Å². The van der Waals surface area contributed by atoms with Gasteiger partial charge in [0.1, 0.15) is 5.75 Å². The van der Waals surface area contributed by atoms with Gasteiger partial charge >= 0.3 is 0 Å². The molecule has 0 aliphatic carbocycles. The minimum Gasteiger partial charge on any atom is -0.494 e. The van der Waals surface area contributed by atoms with E-state index in [2.05, 4.69) is 38.8 Å². The van der Waals surface area contributed by atoms with Gasteiger partial charge in [-0.05, 0) is 49.2 Å².